The van der Waals surface area contributed by atoms with Gasteiger partial charge in [0.2, 0.25) is 5.91 Å². The van der Waals surface area contributed by atoms with Crippen molar-refractivity contribution < 1.29 is 9.59 Å². The van der Waals surface area contributed by atoms with Gasteiger partial charge < -0.3 is 4.90 Å². The number of carbonyl (C=O) groups is 2. The maximum Gasteiger partial charge on any atom is 0.271 e. The van der Waals surface area contributed by atoms with Crippen LogP contribution in [0.1, 0.15) is 32.6 Å². The van der Waals surface area contributed by atoms with Crippen molar-refractivity contribution in [3.8, 4) is 0 Å². The second-order valence-electron chi connectivity index (χ2n) is 6.75. The van der Waals surface area contributed by atoms with Crippen LogP contribution in [0.5, 0.6) is 0 Å². The lowest BCUT2D eigenvalue weighted by Crippen LogP contribution is -2.27. The van der Waals surface area contributed by atoms with Gasteiger partial charge in [0.15, 0.2) is 0 Å². The van der Waals surface area contributed by atoms with Gasteiger partial charge >= 0.3 is 0 Å². The predicted molar refractivity (Wildman–Crippen MR) is 118 cm³/mol. The summed E-state index contributed by atoms with van der Waals surface area (Å²) >= 11 is 1.60. The first-order chi connectivity index (χ1) is 14.7. The Morgan fingerprint density at radius 2 is 1.87 bits per heavy atom. The Hall–Kier alpha value is -3.45. The lowest BCUT2D eigenvalue weighted by Gasteiger charge is -2.24. The summed E-state index contributed by atoms with van der Waals surface area (Å²) in [5.74, 6) is 0.284. The highest BCUT2D eigenvalue weighted by atomic mass is 32.2. The molecule has 0 radical (unpaired) electrons. The summed E-state index contributed by atoms with van der Waals surface area (Å²) < 4.78 is 0. The molecule has 30 heavy (non-hydrogen) atoms. The molecule has 2 heterocycles. The molecule has 1 atom stereocenters. The van der Waals surface area contributed by atoms with Gasteiger partial charge in [0.1, 0.15) is 5.37 Å². The molecule has 0 unspecified atom stereocenters. The van der Waals surface area contributed by atoms with E-state index >= 15 is 0 Å². The normalized spacial score (nSPS) is 16.2. The third-order valence-corrected chi connectivity index (χ3v) is 5.93. The first-order valence-corrected chi connectivity index (χ1v) is 10.5. The number of pyridine rings is 1. The van der Waals surface area contributed by atoms with Crippen LogP contribution >= 0.6 is 11.8 Å². The number of thioether (sulfide) groups is 1. The van der Waals surface area contributed by atoms with Crippen molar-refractivity contribution in [2.75, 3.05) is 5.75 Å². The van der Waals surface area contributed by atoms with E-state index in [0.29, 0.717) is 23.6 Å². The molecule has 0 saturated carbocycles. The minimum Gasteiger partial charge on any atom is -0.322 e. The van der Waals surface area contributed by atoms with Gasteiger partial charge in [-0.1, -0.05) is 48.5 Å². The molecule has 2 amide bonds. The molecule has 0 bridgehead atoms. The summed E-state index contributed by atoms with van der Waals surface area (Å²) in [6, 6.07) is 22.7. The van der Waals surface area contributed by atoms with Gasteiger partial charge in [-0.3, -0.25) is 14.6 Å². The SMILES string of the molecule is O=C(N/N=C\c1ccccn1)c1ccc([C@@H]2SCC(=O)N2Cc2ccccc2)cc1. The van der Waals surface area contributed by atoms with Crippen molar-refractivity contribution in [1.29, 1.82) is 0 Å². The Labute approximate surface area is 179 Å². The summed E-state index contributed by atoms with van der Waals surface area (Å²) in [4.78, 5) is 30.7. The molecule has 1 fully saturated rings. The summed E-state index contributed by atoms with van der Waals surface area (Å²) in [5, 5.41) is 3.88. The minimum atomic E-state index is -0.301. The van der Waals surface area contributed by atoms with E-state index in [4.69, 9.17) is 0 Å². The maximum absolute atomic E-state index is 12.4. The zero-order valence-corrected chi connectivity index (χ0v) is 17.0. The Balaban J connectivity index is 1.41. The second kappa shape index (κ2) is 9.37. The highest BCUT2D eigenvalue weighted by Gasteiger charge is 2.32. The molecular formula is C23H20N4O2S. The zero-order valence-electron chi connectivity index (χ0n) is 16.1. The molecule has 150 valence electrons. The van der Waals surface area contributed by atoms with Gasteiger partial charge in [0.05, 0.1) is 17.7 Å². The lowest BCUT2D eigenvalue weighted by molar-refractivity contribution is -0.128. The largest absolute Gasteiger partial charge is 0.322 e. The first kappa shape index (κ1) is 19.8. The second-order valence-corrected chi connectivity index (χ2v) is 7.81. The highest BCUT2D eigenvalue weighted by Crippen LogP contribution is 2.39. The van der Waals surface area contributed by atoms with Crippen molar-refractivity contribution >= 4 is 29.8 Å². The lowest BCUT2D eigenvalue weighted by atomic mass is 10.1. The zero-order chi connectivity index (χ0) is 20.8. The van der Waals surface area contributed by atoms with Crippen LogP contribution in [0.3, 0.4) is 0 Å². The smallest absolute Gasteiger partial charge is 0.271 e. The predicted octanol–water partition coefficient (Wildman–Crippen LogP) is 3.62. The summed E-state index contributed by atoms with van der Waals surface area (Å²) in [7, 11) is 0. The monoisotopic (exact) mass is 416 g/mol. The number of carbonyl (C=O) groups excluding carboxylic acids is 2. The molecule has 0 spiro atoms. The average molecular weight is 417 g/mol. The van der Waals surface area contributed by atoms with Crippen LogP contribution in [0.2, 0.25) is 0 Å². The van der Waals surface area contributed by atoms with E-state index in [-0.39, 0.29) is 17.2 Å². The molecule has 3 aromatic rings. The fourth-order valence-electron chi connectivity index (χ4n) is 3.15. The molecule has 1 aromatic heterocycles. The number of amides is 2. The van der Waals surface area contributed by atoms with Gasteiger partial charge in [-0.15, -0.1) is 11.8 Å². The van der Waals surface area contributed by atoms with Crippen molar-refractivity contribution in [1.82, 2.24) is 15.3 Å². The quantitative estimate of drug-likeness (QED) is 0.492. The molecule has 0 aliphatic carbocycles. The summed E-state index contributed by atoms with van der Waals surface area (Å²) in [6.45, 7) is 0.571. The van der Waals surface area contributed by atoms with E-state index in [1.807, 2.05) is 59.5 Å². The van der Waals surface area contributed by atoms with E-state index in [0.717, 1.165) is 11.1 Å². The van der Waals surface area contributed by atoms with Gasteiger partial charge in [-0.2, -0.15) is 5.10 Å². The molecule has 1 aliphatic rings. The highest BCUT2D eigenvalue weighted by molar-refractivity contribution is 8.00. The molecule has 6 nitrogen and oxygen atoms in total. The number of hydrogen-bond acceptors (Lipinski definition) is 5. The topological polar surface area (TPSA) is 74.7 Å². The van der Waals surface area contributed by atoms with Gasteiger partial charge in [-0.25, -0.2) is 5.43 Å². The van der Waals surface area contributed by atoms with Crippen LogP contribution in [0, 0.1) is 0 Å². The van der Waals surface area contributed by atoms with Crippen LogP contribution < -0.4 is 5.43 Å². The van der Waals surface area contributed by atoms with E-state index in [9.17, 15) is 9.59 Å². The number of hydrazone groups is 1. The minimum absolute atomic E-state index is 0.0583. The molecular weight excluding hydrogens is 396 g/mol. The number of nitrogens with one attached hydrogen (secondary N) is 1. The van der Waals surface area contributed by atoms with Gasteiger partial charge in [0, 0.05) is 18.3 Å². The number of nitrogens with zero attached hydrogens (tertiary/aromatic N) is 3. The number of aromatic nitrogens is 1. The Bertz CT molecular complexity index is 1040. The van der Waals surface area contributed by atoms with Crippen molar-refractivity contribution in [2.45, 2.75) is 11.9 Å². The number of benzene rings is 2. The van der Waals surface area contributed by atoms with Gasteiger partial charge in [0.25, 0.3) is 5.91 Å². The fourth-order valence-corrected chi connectivity index (χ4v) is 4.34. The molecule has 2 aromatic carbocycles. The Kier molecular flexibility index (Phi) is 6.20. The summed E-state index contributed by atoms with van der Waals surface area (Å²) in [6.07, 6.45) is 3.16. The van der Waals surface area contributed by atoms with Crippen LogP contribution in [0.25, 0.3) is 0 Å². The van der Waals surface area contributed by atoms with E-state index in [1.54, 1.807) is 36.2 Å². The van der Waals surface area contributed by atoms with E-state index < -0.39 is 0 Å². The van der Waals surface area contributed by atoms with E-state index in [2.05, 4.69) is 15.5 Å². The van der Waals surface area contributed by atoms with Crippen LogP contribution in [-0.2, 0) is 11.3 Å². The average Bonchev–Trinajstić information content (AvgIpc) is 3.15. The molecule has 1 N–H and O–H groups in total. The Morgan fingerprint density at radius 1 is 1.10 bits per heavy atom. The molecule has 1 aliphatic heterocycles. The summed E-state index contributed by atoms with van der Waals surface area (Å²) in [5.41, 5.74) is 5.76. The first-order valence-electron chi connectivity index (χ1n) is 9.50. The molecule has 4 rings (SSSR count). The van der Waals surface area contributed by atoms with Crippen molar-refractivity contribution in [3.63, 3.8) is 0 Å². The number of hydrogen-bond donors (Lipinski definition) is 1. The van der Waals surface area contributed by atoms with E-state index in [1.165, 1.54) is 6.21 Å². The third-order valence-electron chi connectivity index (χ3n) is 4.67. The van der Waals surface area contributed by atoms with Crippen LogP contribution in [-0.4, -0.2) is 33.7 Å². The maximum atomic E-state index is 12.4. The Morgan fingerprint density at radius 3 is 2.60 bits per heavy atom. The third kappa shape index (κ3) is 4.75. The number of rotatable bonds is 6. The van der Waals surface area contributed by atoms with Crippen molar-refractivity contribution in [2.24, 2.45) is 5.10 Å². The van der Waals surface area contributed by atoms with Crippen LogP contribution in [0.15, 0.2) is 84.1 Å². The van der Waals surface area contributed by atoms with Gasteiger partial charge in [-0.05, 0) is 35.4 Å². The fraction of sp³-hybridized carbons (Fsp3) is 0.130. The molecule has 7 heteroatoms. The standard InChI is InChI=1S/C23H20N4O2S/c28-21-16-30-23(27(21)15-17-6-2-1-3-7-17)19-11-9-18(10-12-19)22(29)26-25-14-20-8-4-5-13-24-20/h1-14,23H,15-16H2,(H,26,29)/b25-14-/t23-/m0/s1. The van der Waals surface area contributed by atoms with Crippen molar-refractivity contribution in [3.05, 3.63) is 101 Å². The van der Waals surface area contributed by atoms with Crippen LogP contribution in [0.4, 0.5) is 0 Å². The molecule has 1 saturated heterocycles.